The quantitative estimate of drug-likeness (QED) is 0.230. The maximum Gasteiger partial charge on any atom is 0.220 e. The minimum Gasteiger partial charge on any atom is -0.396 e. The number of aliphatic hydroxyl groups excluding tert-OH is 2. The zero-order valence-corrected chi connectivity index (χ0v) is 30.8. The van der Waals surface area contributed by atoms with Gasteiger partial charge in [0.25, 0.3) is 0 Å². The highest BCUT2D eigenvalue weighted by atomic mass is 16.6. The van der Waals surface area contributed by atoms with Gasteiger partial charge in [0.1, 0.15) is 24.4 Å². The van der Waals surface area contributed by atoms with Crippen LogP contribution in [-0.4, -0.2) is 92.5 Å². The zero-order valence-electron chi connectivity index (χ0n) is 30.8. The maximum atomic E-state index is 14.4. The molecule has 15 atom stereocenters. The molecule has 9 heteroatoms. The molecular formula is C43H54O9. The first-order chi connectivity index (χ1) is 24.7. The Bertz CT molecular complexity index is 1730. The van der Waals surface area contributed by atoms with Crippen molar-refractivity contribution in [2.75, 3.05) is 19.8 Å². The van der Waals surface area contributed by atoms with Crippen molar-refractivity contribution < 1.29 is 44.5 Å². The zero-order chi connectivity index (χ0) is 36.8. The second kappa shape index (κ2) is 12.8. The summed E-state index contributed by atoms with van der Waals surface area (Å²) in [6, 6.07) is 10.1. The number of carbonyl (C=O) groups is 1. The highest BCUT2D eigenvalue weighted by Crippen LogP contribution is 2.72. The number of hydrogen-bond acceptors (Lipinski definition) is 9. The molecule has 8 bridgehead atoms. The number of carbonyl (C=O) groups excluding carboxylic acids is 1. The third kappa shape index (κ3) is 5.04. The summed E-state index contributed by atoms with van der Waals surface area (Å²) in [6.45, 7) is 7.62. The maximum absolute atomic E-state index is 14.4. The number of fused-ring (bicyclic) bond motifs is 4. The Hall–Kier alpha value is -2.57. The van der Waals surface area contributed by atoms with E-state index in [2.05, 4.69) is 49.7 Å². The number of aliphatic hydroxyl groups is 5. The second-order valence-electron chi connectivity index (χ2n) is 17.6. The van der Waals surface area contributed by atoms with Gasteiger partial charge in [0, 0.05) is 36.2 Å². The van der Waals surface area contributed by atoms with Crippen LogP contribution in [0.15, 0.2) is 42.0 Å². The molecule has 4 aliphatic carbocycles. The van der Waals surface area contributed by atoms with Gasteiger partial charge in [-0.05, 0) is 85.8 Å². The molecule has 0 aromatic heterocycles. The van der Waals surface area contributed by atoms with Gasteiger partial charge in [-0.1, -0.05) is 68.9 Å². The van der Waals surface area contributed by atoms with E-state index in [1.165, 1.54) is 6.92 Å². The monoisotopic (exact) mass is 714 g/mol. The molecule has 1 aromatic carbocycles. The van der Waals surface area contributed by atoms with Gasteiger partial charge in [-0.3, -0.25) is 4.79 Å². The van der Waals surface area contributed by atoms with Gasteiger partial charge in [0.15, 0.2) is 5.78 Å². The lowest BCUT2D eigenvalue weighted by atomic mass is 9.42. The Morgan fingerprint density at radius 3 is 2.48 bits per heavy atom. The molecule has 52 heavy (non-hydrogen) atoms. The van der Waals surface area contributed by atoms with Gasteiger partial charge >= 0.3 is 0 Å². The Balaban J connectivity index is 1.31. The normalized spacial score (nSPS) is 49.2. The lowest BCUT2D eigenvalue weighted by Crippen LogP contribution is -2.70. The predicted molar refractivity (Wildman–Crippen MR) is 191 cm³/mol. The molecule has 10 rings (SSSR count). The molecule has 5 heterocycles. The summed E-state index contributed by atoms with van der Waals surface area (Å²) in [5.74, 6) is 7.76. The van der Waals surface area contributed by atoms with Crippen molar-refractivity contribution in [1.82, 2.24) is 0 Å². The van der Waals surface area contributed by atoms with Gasteiger partial charge in [0.2, 0.25) is 5.79 Å². The Kier molecular flexibility index (Phi) is 8.93. The first kappa shape index (κ1) is 36.4. The first-order valence-corrected chi connectivity index (χ1v) is 19.4. The highest BCUT2D eigenvalue weighted by Gasteiger charge is 2.75. The highest BCUT2D eigenvalue weighted by molar-refractivity contribution is 5.95. The van der Waals surface area contributed by atoms with Crippen LogP contribution in [0, 0.1) is 70.0 Å². The van der Waals surface area contributed by atoms with Gasteiger partial charge in [-0.15, -0.1) is 5.92 Å². The molecule has 9 aliphatic rings. The third-order valence-electron chi connectivity index (χ3n) is 15.5. The molecule has 4 fully saturated rings. The minimum atomic E-state index is -2.81. The van der Waals surface area contributed by atoms with Crippen molar-refractivity contribution in [3.05, 3.63) is 47.5 Å². The number of hydrogen-bond donors (Lipinski definition) is 5. The van der Waals surface area contributed by atoms with Crippen LogP contribution in [0.1, 0.15) is 84.1 Å². The number of rotatable bonds is 2. The Labute approximate surface area is 307 Å². The standard InChI is InChI=1S/C43H54O9/c1-25-30(23-44)38-43(48,49)41(4,47)36-16-18-42-32-22-35(46)33-21-29(50-24-27(12-9-19-51-42)26-10-6-5-7-11-26)15-17-39(33,2)31(32)20-28(40(36,42)3)13-8-14-34(45)37(25)52-38/h5-7,10-11,22,25,27-31,33-34,36-38,44-45,47-49H,13,15-21,23-24H2,1-4H3. The van der Waals surface area contributed by atoms with Crippen LogP contribution in [-0.2, 0) is 19.0 Å². The van der Waals surface area contributed by atoms with Crippen LogP contribution in [0.4, 0.5) is 0 Å². The molecular weight excluding hydrogens is 660 g/mol. The number of ether oxygens (including phenoxy) is 3. The molecule has 9 nitrogen and oxygen atoms in total. The third-order valence-corrected chi connectivity index (χ3v) is 15.5. The lowest BCUT2D eigenvalue weighted by molar-refractivity contribution is -0.347. The van der Waals surface area contributed by atoms with Gasteiger partial charge in [-0.25, -0.2) is 0 Å². The van der Waals surface area contributed by atoms with Crippen molar-refractivity contribution >= 4 is 5.78 Å². The van der Waals surface area contributed by atoms with Crippen molar-refractivity contribution in [1.29, 1.82) is 0 Å². The van der Waals surface area contributed by atoms with Crippen LogP contribution in [0.3, 0.4) is 0 Å². The molecule has 5 aliphatic heterocycles. The Morgan fingerprint density at radius 2 is 1.73 bits per heavy atom. The molecule has 1 saturated heterocycles. The molecule has 1 aromatic rings. The van der Waals surface area contributed by atoms with Gasteiger partial charge in [-0.2, -0.15) is 0 Å². The van der Waals surface area contributed by atoms with Crippen molar-refractivity contribution in [3.8, 4) is 23.7 Å². The van der Waals surface area contributed by atoms with E-state index in [0.717, 1.165) is 24.0 Å². The average molecular weight is 715 g/mol. The summed E-state index contributed by atoms with van der Waals surface area (Å²) in [6.07, 6.45) is 2.38. The molecule has 280 valence electrons. The van der Waals surface area contributed by atoms with Crippen LogP contribution in [0.5, 0.6) is 0 Å². The van der Waals surface area contributed by atoms with E-state index in [9.17, 15) is 30.3 Å². The first-order valence-electron chi connectivity index (χ1n) is 19.4. The summed E-state index contributed by atoms with van der Waals surface area (Å²) >= 11 is 0. The number of benzene rings is 1. The van der Waals surface area contributed by atoms with Crippen LogP contribution < -0.4 is 0 Å². The summed E-state index contributed by atoms with van der Waals surface area (Å²) in [5, 5.41) is 58.8. The van der Waals surface area contributed by atoms with Gasteiger partial charge < -0.3 is 39.7 Å². The van der Waals surface area contributed by atoms with E-state index in [0.29, 0.717) is 38.7 Å². The molecule has 0 amide bonds. The lowest BCUT2D eigenvalue weighted by Gasteiger charge is -2.64. The number of allylic oxidation sites excluding steroid dienone is 1. The Morgan fingerprint density at radius 1 is 0.962 bits per heavy atom. The van der Waals surface area contributed by atoms with E-state index in [1.807, 2.05) is 24.3 Å². The van der Waals surface area contributed by atoms with E-state index in [4.69, 9.17) is 14.2 Å². The van der Waals surface area contributed by atoms with Gasteiger partial charge in [0.05, 0.1) is 30.3 Å². The van der Waals surface area contributed by atoms with E-state index >= 15 is 0 Å². The predicted octanol–water partition coefficient (Wildman–Crippen LogP) is 3.51. The fourth-order valence-electron chi connectivity index (χ4n) is 12.4. The molecule has 3 saturated carbocycles. The minimum absolute atomic E-state index is 0.0168. The van der Waals surface area contributed by atoms with Crippen LogP contribution in [0.25, 0.3) is 0 Å². The van der Waals surface area contributed by atoms with E-state index in [1.54, 1.807) is 6.92 Å². The summed E-state index contributed by atoms with van der Waals surface area (Å²) < 4.78 is 19.9. The average Bonchev–Trinajstić information content (AvgIpc) is 3.63. The van der Waals surface area contributed by atoms with Crippen molar-refractivity contribution in [3.63, 3.8) is 0 Å². The van der Waals surface area contributed by atoms with Crippen LogP contribution in [0.2, 0.25) is 0 Å². The van der Waals surface area contributed by atoms with Crippen LogP contribution >= 0.6 is 0 Å². The summed E-state index contributed by atoms with van der Waals surface area (Å²) in [4.78, 5) is 14.4. The van der Waals surface area contributed by atoms with E-state index < -0.39 is 65.1 Å². The van der Waals surface area contributed by atoms with Crippen molar-refractivity contribution in [2.45, 2.75) is 120 Å². The smallest absolute Gasteiger partial charge is 0.220 e. The van der Waals surface area contributed by atoms with Crippen molar-refractivity contribution in [2.24, 2.45) is 46.3 Å². The topological polar surface area (TPSA) is 146 Å². The molecule has 0 radical (unpaired) electrons. The SMILES string of the molecule is CC1C(CO)C2OC1C(O)C#CCC1CC3C4=CC(=O)C5CC(CCC53C)OCC(c3ccccc3)C#CCOC43CCC(C(C)(O)C2(O)O)C13C. The summed E-state index contributed by atoms with van der Waals surface area (Å²) in [7, 11) is 0. The molecule has 5 N–H and O–H groups in total. The number of ketones is 1. The van der Waals surface area contributed by atoms with E-state index in [-0.39, 0.29) is 47.6 Å². The molecule has 15 unspecified atom stereocenters. The molecule has 1 spiro atoms. The largest absolute Gasteiger partial charge is 0.396 e. The fraction of sp³-hybridized carbons (Fsp3) is 0.698. The summed E-state index contributed by atoms with van der Waals surface area (Å²) in [5.41, 5.74) is -2.57. The second-order valence-corrected chi connectivity index (χ2v) is 17.6. The fourth-order valence-corrected chi connectivity index (χ4v) is 12.4.